The van der Waals surface area contributed by atoms with Crippen molar-refractivity contribution < 1.29 is 23.9 Å². The van der Waals surface area contributed by atoms with E-state index in [1.54, 1.807) is 29.2 Å². The van der Waals surface area contributed by atoms with Crippen molar-refractivity contribution in [1.29, 1.82) is 0 Å². The number of carbonyl (C=O) groups excluding carboxylic acids is 3. The van der Waals surface area contributed by atoms with E-state index >= 15 is 0 Å². The van der Waals surface area contributed by atoms with E-state index in [4.69, 9.17) is 4.74 Å². The standard InChI is InChI=1S/C21H23N3O5/c1-3-29-18-10-8-17(9-11-18)24-13-16(12-19(24)25)23-21(27)22-15-6-4-14(5-7-15)20(26)28-2/h4-11,16H,3,12-13H2,1-2H3,(H2,22,23,27)/t16-/m0/s1. The number of hydrogen-bond acceptors (Lipinski definition) is 5. The molecule has 1 aliphatic rings. The maximum atomic E-state index is 12.3. The van der Waals surface area contributed by atoms with Crippen LogP contribution >= 0.6 is 0 Å². The van der Waals surface area contributed by atoms with Crippen LogP contribution in [-0.2, 0) is 9.53 Å². The lowest BCUT2D eigenvalue weighted by molar-refractivity contribution is -0.117. The van der Waals surface area contributed by atoms with Gasteiger partial charge >= 0.3 is 12.0 Å². The summed E-state index contributed by atoms with van der Waals surface area (Å²) in [5, 5.41) is 5.50. The number of esters is 1. The molecule has 1 heterocycles. The number of hydrogen-bond donors (Lipinski definition) is 2. The van der Waals surface area contributed by atoms with Gasteiger partial charge in [0.2, 0.25) is 5.91 Å². The van der Waals surface area contributed by atoms with Crippen LogP contribution in [0, 0.1) is 0 Å². The van der Waals surface area contributed by atoms with Crippen LogP contribution in [0.25, 0.3) is 0 Å². The predicted octanol–water partition coefficient (Wildman–Crippen LogP) is 2.80. The monoisotopic (exact) mass is 397 g/mol. The summed E-state index contributed by atoms with van der Waals surface area (Å²) >= 11 is 0. The number of nitrogens with one attached hydrogen (secondary N) is 2. The van der Waals surface area contributed by atoms with Crippen molar-refractivity contribution in [3.63, 3.8) is 0 Å². The van der Waals surface area contributed by atoms with Gasteiger partial charge in [0.05, 0.1) is 25.3 Å². The minimum atomic E-state index is -0.445. The number of amides is 3. The number of rotatable bonds is 6. The highest BCUT2D eigenvalue weighted by Crippen LogP contribution is 2.24. The molecule has 3 amide bonds. The molecule has 1 atom stereocenters. The molecule has 0 aliphatic carbocycles. The van der Waals surface area contributed by atoms with Crippen LogP contribution in [0.5, 0.6) is 5.75 Å². The third-order valence-electron chi connectivity index (χ3n) is 4.48. The fourth-order valence-corrected chi connectivity index (χ4v) is 3.10. The Bertz CT molecular complexity index is 880. The maximum absolute atomic E-state index is 12.3. The molecule has 1 saturated heterocycles. The first-order chi connectivity index (χ1) is 14.0. The van der Waals surface area contributed by atoms with Crippen molar-refractivity contribution in [3.05, 3.63) is 54.1 Å². The second-order valence-electron chi connectivity index (χ2n) is 6.50. The lowest BCUT2D eigenvalue weighted by Crippen LogP contribution is -2.39. The molecule has 152 valence electrons. The Balaban J connectivity index is 1.55. The zero-order chi connectivity index (χ0) is 20.8. The Morgan fingerprint density at radius 3 is 2.41 bits per heavy atom. The van der Waals surface area contributed by atoms with Gasteiger partial charge in [-0.15, -0.1) is 0 Å². The molecule has 0 bridgehead atoms. The lowest BCUT2D eigenvalue weighted by atomic mass is 10.2. The molecule has 0 spiro atoms. The summed E-state index contributed by atoms with van der Waals surface area (Å²) in [5.74, 6) is 0.247. The molecular weight excluding hydrogens is 374 g/mol. The molecule has 3 rings (SSSR count). The average molecular weight is 397 g/mol. The summed E-state index contributed by atoms with van der Waals surface area (Å²) < 4.78 is 10.1. The minimum absolute atomic E-state index is 0.0538. The minimum Gasteiger partial charge on any atom is -0.494 e. The van der Waals surface area contributed by atoms with Crippen LogP contribution in [0.3, 0.4) is 0 Å². The van der Waals surface area contributed by atoms with Crippen molar-refractivity contribution in [2.75, 3.05) is 30.5 Å². The summed E-state index contributed by atoms with van der Waals surface area (Å²) in [6.45, 7) is 2.88. The van der Waals surface area contributed by atoms with Crippen molar-refractivity contribution in [3.8, 4) is 5.75 Å². The van der Waals surface area contributed by atoms with Crippen LogP contribution in [0.1, 0.15) is 23.7 Å². The highest BCUT2D eigenvalue weighted by Gasteiger charge is 2.31. The Morgan fingerprint density at radius 2 is 1.79 bits per heavy atom. The third kappa shape index (κ3) is 5.04. The highest BCUT2D eigenvalue weighted by atomic mass is 16.5. The molecule has 0 radical (unpaired) electrons. The Labute approximate surface area is 168 Å². The van der Waals surface area contributed by atoms with E-state index in [1.807, 2.05) is 31.2 Å². The molecule has 0 aromatic heterocycles. The maximum Gasteiger partial charge on any atom is 0.337 e. The number of ether oxygens (including phenoxy) is 2. The molecule has 1 fully saturated rings. The van der Waals surface area contributed by atoms with Gasteiger partial charge in [-0.05, 0) is 55.5 Å². The van der Waals surface area contributed by atoms with Gasteiger partial charge in [-0.25, -0.2) is 9.59 Å². The number of urea groups is 1. The fourth-order valence-electron chi connectivity index (χ4n) is 3.10. The van der Waals surface area contributed by atoms with E-state index in [1.165, 1.54) is 7.11 Å². The second kappa shape index (κ2) is 9.09. The predicted molar refractivity (Wildman–Crippen MR) is 108 cm³/mol. The number of anilines is 2. The van der Waals surface area contributed by atoms with Crippen LogP contribution < -0.4 is 20.3 Å². The molecule has 0 unspecified atom stereocenters. The summed E-state index contributed by atoms with van der Waals surface area (Å²) in [6, 6.07) is 12.9. The molecule has 0 saturated carbocycles. The molecule has 2 aromatic rings. The smallest absolute Gasteiger partial charge is 0.337 e. The van der Waals surface area contributed by atoms with Gasteiger partial charge < -0.3 is 25.0 Å². The van der Waals surface area contributed by atoms with Crippen LogP contribution in [0.15, 0.2) is 48.5 Å². The van der Waals surface area contributed by atoms with Gasteiger partial charge in [0, 0.05) is 24.3 Å². The van der Waals surface area contributed by atoms with Crippen molar-refractivity contribution in [1.82, 2.24) is 5.32 Å². The second-order valence-corrected chi connectivity index (χ2v) is 6.50. The van der Waals surface area contributed by atoms with Gasteiger partial charge in [-0.3, -0.25) is 4.79 Å². The van der Waals surface area contributed by atoms with E-state index in [9.17, 15) is 14.4 Å². The van der Waals surface area contributed by atoms with Crippen molar-refractivity contribution >= 4 is 29.3 Å². The molecular formula is C21H23N3O5. The van der Waals surface area contributed by atoms with E-state index in [0.29, 0.717) is 24.4 Å². The van der Waals surface area contributed by atoms with E-state index < -0.39 is 12.0 Å². The summed E-state index contributed by atoms with van der Waals surface area (Å²) in [6.07, 6.45) is 0.224. The SMILES string of the molecule is CCOc1ccc(N2C[C@@H](NC(=O)Nc3ccc(C(=O)OC)cc3)CC2=O)cc1. The molecule has 29 heavy (non-hydrogen) atoms. The quantitative estimate of drug-likeness (QED) is 0.731. The average Bonchev–Trinajstić information content (AvgIpc) is 3.08. The zero-order valence-electron chi connectivity index (χ0n) is 16.3. The number of methoxy groups -OCH3 is 1. The number of carbonyl (C=O) groups is 3. The van der Waals surface area contributed by atoms with Gasteiger partial charge in [0.1, 0.15) is 5.75 Å². The van der Waals surface area contributed by atoms with Crippen molar-refractivity contribution in [2.24, 2.45) is 0 Å². The van der Waals surface area contributed by atoms with Gasteiger partial charge in [-0.2, -0.15) is 0 Å². The summed E-state index contributed by atoms with van der Waals surface area (Å²) in [4.78, 5) is 37.7. The first kappa shape index (κ1) is 20.2. The fraction of sp³-hybridized carbons (Fsp3) is 0.286. The third-order valence-corrected chi connectivity index (χ3v) is 4.48. The Kier molecular flexibility index (Phi) is 6.33. The summed E-state index contributed by atoms with van der Waals surface area (Å²) in [5.41, 5.74) is 1.69. The largest absolute Gasteiger partial charge is 0.494 e. The molecule has 2 N–H and O–H groups in total. The zero-order valence-corrected chi connectivity index (χ0v) is 16.3. The normalized spacial score (nSPS) is 15.7. The van der Waals surface area contributed by atoms with E-state index in [-0.39, 0.29) is 18.4 Å². The van der Waals surface area contributed by atoms with Crippen molar-refractivity contribution in [2.45, 2.75) is 19.4 Å². The topological polar surface area (TPSA) is 97.0 Å². The van der Waals surface area contributed by atoms with Gasteiger partial charge in [0.15, 0.2) is 0 Å². The van der Waals surface area contributed by atoms with E-state index in [2.05, 4.69) is 15.4 Å². The van der Waals surface area contributed by atoms with Gasteiger partial charge in [-0.1, -0.05) is 0 Å². The lowest BCUT2D eigenvalue weighted by Gasteiger charge is -2.18. The number of nitrogens with zero attached hydrogens (tertiary/aromatic N) is 1. The molecule has 8 heteroatoms. The Hall–Kier alpha value is -3.55. The molecule has 8 nitrogen and oxygen atoms in total. The summed E-state index contributed by atoms with van der Waals surface area (Å²) in [7, 11) is 1.31. The first-order valence-electron chi connectivity index (χ1n) is 9.29. The van der Waals surface area contributed by atoms with Crippen LogP contribution in [0.2, 0.25) is 0 Å². The number of benzene rings is 2. The molecule has 2 aromatic carbocycles. The first-order valence-corrected chi connectivity index (χ1v) is 9.29. The molecule has 1 aliphatic heterocycles. The van der Waals surface area contributed by atoms with E-state index in [0.717, 1.165) is 11.4 Å². The van der Waals surface area contributed by atoms with Gasteiger partial charge in [0.25, 0.3) is 0 Å². The van der Waals surface area contributed by atoms with Crippen LogP contribution in [0.4, 0.5) is 16.2 Å². The van der Waals surface area contributed by atoms with Crippen LogP contribution in [-0.4, -0.2) is 44.2 Å². The Morgan fingerprint density at radius 1 is 1.10 bits per heavy atom. The highest BCUT2D eigenvalue weighted by molar-refractivity contribution is 5.98.